The van der Waals surface area contributed by atoms with Gasteiger partial charge in [-0.25, -0.2) is 9.37 Å². The molecule has 1 aliphatic carbocycles. The highest BCUT2D eigenvalue weighted by Gasteiger charge is 2.24. The van der Waals surface area contributed by atoms with Crippen molar-refractivity contribution in [3.63, 3.8) is 0 Å². The summed E-state index contributed by atoms with van der Waals surface area (Å²) in [6.07, 6.45) is 4.98. The average molecular weight is 423 g/mol. The first kappa shape index (κ1) is 19.9. The van der Waals surface area contributed by atoms with Crippen LogP contribution in [0.1, 0.15) is 41.6 Å². The number of nitrogens with two attached hydrogens (primary N) is 1. The van der Waals surface area contributed by atoms with Crippen molar-refractivity contribution in [3.05, 3.63) is 46.4 Å². The zero-order chi connectivity index (χ0) is 21.5. The van der Waals surface area contributed by atoms with Gasteiger partial charge in [-0.05, 0) is 56.2 Å². The maximum atomic E-state index is 13.6. The lowest BCUT2D eigenvalue weighted by Crippen LogP contribution is -2.39. The molecule has 0 unspecified atom stereocenters. The topological polar surface area (TPSA) is 100 Å². The Bertz CT molecular complexity index is 1140. The number of para-hydroxylation sites is 1. The number of piperidine rings is 1. The SMILES string of the molecule is Cc1nc2nc(NC3CCN(Cc4cccc(F)c4O)CC3)nc(N)c2c2c1CCC2. The second kappa shape index (κ2) is 7.92. The summed E-state index contributed by atoms with van der Waals surface area (Å²) in [6, 6.07) is 4.89. The zero-order valence-electron chi connectivity index (χ0n) is 17.7. The van der Waals surface area contributed by atoms with E-state index in [1.54, 1.807) is 12.1 Å². The molecule has 8 heteroatoms. The second-order valence-electron chi connectivity index (χ2n) is 8.58. The van der Waals surface area contributed by atoms with Crippen LogP contribution in [0.2, 0.25) is 0 Å². The van der Waals surface area contributed by atoms with Crippen LogP contribution in [0.3, 0.4) is 0 Å². The molecule has 0 bridgehead atoms. The van der Waals surface area contributed by atoms with Crippen molar-refractivity contribution < 1.29 is 9.50 Å². The summed E-state index contributed by atoms with van der Waals surface area (Å²) in [5, 5.41) is 14.3. The zero-order valence-corrected chi connectivity index (χ0v) is 17.7. The minimum Gasteiger partial charge on any atom is -0.505 e. The first-order valence-corrected chi connectivity index (χ1v) is 10.9. The number of pyridine rings is 1. The van der Waals surface area contributed by atoms with Gasteiger partial charge >= 0.3 is 0 Å². The van der Waals surface area contributed by atoms with Gasteiger partial charge in [0.15, 0.2) is 17.2 Å². The number of benzene rings is 1. The minimum absolute atomic E-state index is 0.227. The molecular formula is C23H27FN6O. The number of likely N-dealkylation sites (tertiary alicyclic amines) is 1. The molecule has 1 aliphatic heterocycles. The molecule has 31 heavy (non-hydrogen) atoms. The Balaban J connectivity index is 1.27. The van der Waals surface area contributed by atoms with Crippen LogP contribution >= 0.6 is 0 Å². The number of anilines is 2. The summed E-state index contributed by atoms with van der Waals surface area (Å²) in [7, 11) is 0. The molecule has 5 rings (SSSR count). The van der Waals surface area contributed by atoms with E-state index in [0.29, 0.717) is 29.5 Å². The number of halogens is 1. The third-order valence-corrected chi connectivity index (χ3v) is 6.53. The molecule has 2 aliphatic rings. The molecule has 0 radical (unpaired) electrons. The molecule has 3 aromatic rings. The lowest BCUT2D eigenvalue weighted by Gasteiger charge is -2.32. The summed E-state index contributed by atoms with van der Waals surface area (Å²) in [4.78, 5) is 16.1. The van der Waals surface area contributed by atoms with E-state index >= 15 is 0 Å². The number of hydrogen-bond acceptors (Lipinski definition) is 7. The Labute approximate surface area is 180 Å². The lowest BCUT2D eigenvalue weighted by atomic mass is 10.0. The number of aromatic nitrogens is 3. The molecule has 1 aromatic carbocycles. The van der Waals surface area contributed by atoms with Gasteiger partial charge < -0.3 is 16.2 Å². The van der Waals surface area contributed by atoms with Crippen LogP contribution in [0.5, 0.6) is 5.75 Å². The number of nitrogens with one attached hydrogen (secondary N) is 1. The Morgan fingerprint density at radius 1 is 1.16 bits per heavy atom. The molecule has 0 atom stereocenters. The maximum absolute atomic E-state index is 13.6. The summed E-state index contributed by atoms with van der Waals surface area (Å²) >= 11 is 0. The van der Waals surface area contributed by atoms with Gasteiger partial charge in [0.25, 0.3) is 0 Å². The molecule has 4 N–H and O–H groups in total. The fourth-order valence-electron chi connectivity index (χ4n) is 4.89. The highest BCUT2D eigenvalue weighted by Crippen LogP contribution is 2.33. The van der Waals surface area contributed by atoms with E-state index in [2.05, 4.69) is 20.2 Å². The fourth-order valence-corrected chi connectivity index (χ4v) is 4.89. The molecule has 0 saturated carbocycles. The van der Waals surface area contributed by atoms with Gasteiger partial charge in [-0.2, -0.15) is 9.97 Å². The standard InChI is InChI=1S/C23H27FN6O/c1-13-16-5-3-6-17(16)19-21(25)28-23(29-22(19)26-13)27-15-8-10-30(11-9-15)12-14-4-2-7-18(24)20(14)31/h2,4,7,15,31H,3,5-6,8-12H2,1H3,(H3,25,26,27,28,29). The average Bonchev–Trinajstić information content (AvgIpc) is 3.23. The van der Waals surface area contributed by atoms with E-state index in [0.717, 1.165) is 56.3 Å². The van der Waals surface area contributed by atoms with Crippen molar-refractivity contribution in [2.75, 3.05) is 24.1 Å². The van der Waals surface area contributed by atoms with E-state index in [-0.39, 0.29) is 11.8 Å². The van der Waals surface area contributed by atoms with Crippen molar-refractivity contribution >= 4 is 22.8 Å². The van der Waals surface area contributed by atoms with Gasteiger partial charge in [0, 0.05) is 36.9 Å². The minimum atomic E-state index is -0.574. The highest BCUT2D eigenvalue weighted by molar-refractivity contribution is 5.91. The summed E-state index contributed by atoms with van der Waals surface area (Å²) in [5.74, 6) is 0.194. The van der Waals surface area contributed by atoms with Crippen LogP contribution < -0.4 is 11.1 Å². The van der Waals surface area contributed by atoms with E-state index in [4.69, 9.17) is 10.7 Å². The molecule has 0 amide bonds. The summed E-state index contributed by atoms with van der Waals surface area (Å²) in [5.41, 5.74) is 11.2. The van der Waals surface area contributed by atoms with Crippen molar-refractivity contribution in [2.45, 2.75) is 51.6 Å². The number of phenolic OH excluding ortho intramolecular Hbond substituents is 1. The summed E-state index contributed by atoms with van der Waals surface area (Å²) < 4.78 is 13.6. The number of fused-ring (bicyclic) bond motifs is 3. The predicted octanol–water partition coefficient (Wildman–Crippen LogP) is 3.33. The lowest BCUT2D eigenvalue weighted by molar-refractivity contribution is 0.208. The quantitative estimate of drug-likeness (QED) is 0.593. The van der Waals surface area contributed by atoms with Crippen molar-refractivity contribution in [1.29, 1.82) is 0 Å². The fraction of sp³-hybridized carbons (Fsp3) is 0.435. The van der Waals surface area contributed by atoms with Gasteiger partial charge in [-0.1, -0.05) is 12.1 Å². The number of rotatable bonds is 4. The normalized spacial score (nSPS) is 17.2. The molecular weight excluding hydrogens is 395 g/mol. The van der Waals surface area contributed by atoms with Crippen molar-refractivity contribution in [2.24, 2.45) is 0 Å². The van der Waals surface area contributed by atoms with Gasteiger partial charge in [0.05, 0.1) is 5.39 Å². The van der Waals surface area contributed by atoms with Crippen LogP contribution in [0.25, 0.3) is 11.0 Å². The van der Waals surface area contributed by atoms with Crippen LogP contribution in [0, 0.1) is 12.7 Å². The highest BCUT2D eigenvalue weighted by atomic mass is 19.1. The Hall–Kier alpha value is -3.00. The third-order valence-electron chi connectivity index (χ3n) is 6.53. The first-order valence-electron chi connectivity index (χ1n) is 10.9. The number of phenols is 1. The third kappa shape index (κ3) is 3.76. The summed E-state index contributed by atoms with van der Waals surface area (Å²) in [6.45, 7) is 4.24. The number of aromatic hydroxyl groups is 1. The molecule has 1 fully saturated rings. The molecule has 7 nitrogen and oxygen atoms in total. The van der Waals surface area contributed by atoms with Gasteiger partial charge in [0.2, 0.25) is 5.95 Å². The maximum Gasteiger partial charge on any atom is 0.226 e. The Kier molecular flexibility index (Phi) is 5.09. The van der Waals surface area contributed by atoms with Crippen molar-refractivity contribution in [3.8, 4) is 5.75 Å². The molecule has 162 valence electrons. The largest absolute Gasteiger partial charge is 0.505 e. The number of hydrogen-bond donors (Lipinski definition) is 3. The molecule has 3 heterocycles. The number of aryl methyl sites for hydroxylation is 2. The van der Waals surface area contributed by atoms with E-state index in [1.165, 1.54) is 17.2 Å². The predicted molar refractivity (Wildman–Crippen MR) is 118 cm³/mol. The van der Waals surface area contributed by atoms with E-state index in [1.807, 2.05) is 6.92 Å². The Morgan fingerprint density at radius 3 is 2.74 bits per heavy atom. The smallest absolute Gasteiger partial charge is 0.226 e. The Morgan fingerprint density at radius 2 is 1.94 bits per heavy atom. The number of nitrogens with zero attached hydrogens (tertiary/aromatic N) is 4. The molecule has 1 saturated heterocycles. The van der Waals surface area contributed by atoms with Gasteiger partial charge in [0.1, 0.15) is 5.82 Å². The van der Waals surface area contributed by atoms with E-state index in [9.17, 15) is 9.50 Å². The van der Waals surface area contributed by atoms with Gasteiger partial charge in [-0.15, -0.1) is 0 Å². The van der Waals surface area contributed by atoms with Gasteiger partial charge in [-0.3, -0.25) is 4.90 Å². The first-order chi connectivity index (χ1) is 15.0. The monoisotopic (exact) mass is 422 g/mol. The van der Waals surface area contributed by atoms with Crippen LogP contribution in [-0.4, -0.2) is 44.1 Å². The number of nitrogen functional groups attached to an aromatic ring is 1. The van der Waals surface area contributed by atoms with Crippen LogP contribution in [0.15, 0.2) is 18.2 Å². The van der Waals surface area contributed by atoms with Crippen molar-refractivity contribution in [1.82, 2.24) is 19.9 Å². The molecule has 2 aromatic heterocycles. The molecule has 0 spiro atoms. The van der Waals surface area contributed by atoms with Crippen LogP contribution in [-0.2, 0) is 19.4 Å². The van der Waals surface area contributed by atoms with Crippen LogP contribution in [0.4, 0.5) is 16.2 Å². The second-order valence-corrected chi connectivity index (χ2v) is 8.58. The van der Waals surface area contributed by atoms with E-state index < -0.39 is 5.82 Å².